The molecule has 0 radical (unpaired) electrons. The molecular formula is C18H20FN3O. The maximum atomic E-state index is 13.0. The van der Waals surface area contributed by atoms with Crippen LogP contribution in [0.2, 0.25) is 0 Å². The molecule has 120 valence electrons. The average molecular weight is 313 g/mol. The van der Waals surface area contributed by atoms with Crippen molar-refractivity contribution in [1.82, 2.24) is 15.3 Å². The third-order valence-electron chi connectivity index (χ3n) is 4.07. The molecule has 0 spiro atoms. The lowest BCUT2D eigenvalue weighted by atomic mass is 9.91. The Morgan fingerprint density at radius 2 is 2.09 bits per heavy atom. The van der Waals surface area contributed by atoms with Crippen LogP contribution in [-0.2, 0) is 6.54 Å². The standard InChI is InChI=1S/C18H20FN3O/c1-23-18-12-20-10-17(22-18)11-21-16-8-4-14(5-9-16)13-2-6-15(19)7-3-13/h2-4,6-7,10,12,16,21H,5,8-9,11H2,1H3. The van der Waals surface area contributed by atoms with E-state index in [0.717, 1.165) is 30.5 Å². The maximum Gasteiger partial charge on any atom is 0.232 e. The fourth-order valence-corrected chi connectivity index (χ4v) is 2.76. The van der Waals surface area contributed by atoms with Crippen LogP contribution in [0.25, 0.3) is 5.57 Å². The Kier molecular flexibility index (Phi) is 4.98. The third-order valence-corrected chi connectivity index (χ3v) is 4.07. The summed E-state index contributed by atoms with van der Waals surface area (Å²) in [6.07, 6.45) is 8.60. The van der Waals surface area contributed by atoms with Crippen molar-refractivity contribution in [3.8, 4) is 5.88 Å². The van der Waals surface area contributed by atoms with Gasteiger partial charge in [0.2, 0.25) is 5.88 Å². The SMILES string of the molecule is COc1cncc(CNC2CC=C(c3ccc(F)cc3)CC2)n1. The Morgan fingerprint density at radius 1 is 1.26 bits per heavy atom. The van der Waals surface area contributed by atoms with Crippen LogP contribution in [-0.4, -0.2) is 23.1 Å². The van der Waals surface area contributed by atoms with Crippen molar-refractivity contribution in [2.75, 3.05) is 7.11 Å². The van der Waals surface area contributed by atoms with Crippen LogP contribution >= 0.6 is 0 Å². The number of nitrogens with one attached hydrogen (secondary N) is 1. The van der Waals surface area contributed by atoms with Crippen LogP contribution in [0.5, 0.6) is 5.88 Å². The molecule has 1 aliphatic carbocycles. The van der Waals surface area contributed by atoms with Gasteiger partial charge in [-0.1, -0.05) is 18.2 Å². The number of benzene rings is 1. The highest BCUT2D eigenvalue weighted by Crippen LogP contribution is 2.27. The van der Waals surface area contributed by atoms with Gasteiger partial charge in [0.15, 0.2) is 0 Å². The molecule has 4 nitrogen and oxygen atoms in total. The highest BCUT2D eigenvalue weighted by atomic mass is 19.1. The maximum absolute atomic E-state index is 13.0. The van der Waals surface area contributed by atoms with Crippen molar-refractivity contribution in [2.24, 2.45) is 0 Å². The quantitative estimate of drug-likeness (QED) is 0.919. The molecule has 23 heavy (non-hydrogen) atoms. The third kappa shape index (κ3) is 4.13. The summed E-state index contributed by atoms with van der Waals surface area (Å²) in [6.45, 7) is 0.675. The van der Waals surface area contributed by atoms with Gasteiger partial charge in [-0.25, -0.2) is 9.37 Å². The molecule has 1 heterocycles. The molecule has 1 aliphatic rings. The first kappa shape index (κ1) is 15.6. The Hall–Kier alpha value is -2.27. The number of aromatic nitrogens is 2. The smallest absolute Gasteiger partial charge is 0.232 e. The van der Waals surface area contributed by atoms with Crippen molar-refractivity contribution in [3.05, 3.63) is 59.8 Å². The number of allylic oxidation sites excluding steroid dienone is 1. The van der Waals surface area contributed by atoms with Gasteiger partial charge in [0.25, 0.3) is 0 Å². The first-order valence-corrected chi connectivity index (χ1v) is 7.78. The van der Waals surface area contributed by atoms with Crippen LogP contribution in [0.4, 0.5) is 4.39 Å². The van der Waals surface area contributed by atoms with Gasteiger partial charge in [-0.05, 0) is 42.5 Å². The van der Waals surface area contributed by atoms with Crippen LogP contribution in [0.1, 0.15) is 30.5 Å². The van der Waals surface area contributed by atoms with E-state index in [1.165, 1.54) is 17.7 Å². The van der Waals surface area contributed by atoms with Gasteiger partial charge >= 0.3 is 0 Å². The molecule has 0 aliphatic heterocycles. The van der Waals surface area contributed by atoms with Crippen molar-refractivity contribution in [3.63, 3.8) is 0 Å². The number of halogens is 1. The minimum absolute atomic E-state index is 0.191. The van der Waals surface area contributed by atoms with E-state index in [-0.39, 0.29) is 5.82 Å². The van der Waals surface area contributed by atoms with E-state index in [4.69, 9.17) is 4.74 Å². The fourth-order valence-electron chi connectivity index (χ4n) is 2.76. The van der Waals surface area contributed by atoms with Crippen LogP contribution in [0, 0.1) is 5.82 Å². The van der Waals surface area contributed by atoms with E-state index >= 15 is 0 Å². The van der Waals surface area contributed by atoms with E-state index in [1.54, 1.807) is 19.5 Å². The molecule has 0 saturated heterocycles. The minimum atomic E-state index is -0.191. The molecule has 0 bridgehead atoms. The molecule has 1 N–H and O–H groups in total. The van der Waals surface area contributed by atoms with E-state index in [0.29, 0.717) is 18.5 Å². The van der Waals surface area contributed by atoms with Crippen molar-refractivity contribution < 1.29 is 9.13 Å². The van der Waals surface area contributed by atoms with E-state index in [2.05, 4.69) is 21.4 Å². The van der Waals surface area contributed by atoms with Crippen molar-refractivity contribution in [2.45, 2.75) is 31.8 Å². The lowest BCUT2D eigenvalue weighted by Gasteiger charge is -2.23. The lowest BCUT2D eigenvalue weighted by molar-refractivity contribution is 0.391. The monoisotopic (exact) mass is 313 g/mol. The summed E-state index contributed by atoms with van der Waals surface area (Å²) in [6, 6.07) is 7.15. The highest BCUT2D eigenvalue weighted by Gasteiger charge is 2.15. The summed E-state index contributed by atoms with van der Waals surface area (Å²) >= 11 is 0. The van der Waals surface area contributed by atoms with Gasteiger partial charge in [0.1, 0.15) is 5.82 Å². The summed E-state index contributed by atoms with van der Waals surface area (Å²) in [5, 5.41) is 3.51. The number of methoxy groups -OCH3 is 1. The number of rotatable bonds is 5. The molecule has 0 fully saturated rings. The molecular weight excluding hydrogens is 293 g/mol. The molecule has 1 unspecified atom stereocenters. The zero-order valence-electron chi connectivity index (χ0n) is 13.1. The van der Waals surface area contributed by atoms with E-state index in [1.807, 2.05) is 12.1 Å². The predicted octanol–water partition coefficient (Wildman–Crippen LogP) is 3.35. The first-order chi connectivity index (χ1) is 11.2. The van der Waals surface area contributed by atoms with Crippen LogP contribution in [0.15, 0.2) is 42.7 Å². The normalized spacial score (nSPS) is 17.7. The van der Waals surface area contributed by atoms with Gasteiger partial charge in [-0.2, -0.15) is 0 Å². The minimum Gasteiger partial charge on any atom is -0.480 e. The summed E-state index contributed by atoms with van der Waals surface area (Å²) in [5.41, 5.74) is 3.28. The fraction of sp³-hybridized carbons (Fsp3) is 0.333. The zero-order valence-corrected chi connectivity index (χ0v) is 13.1. The van der Waals surface area contributed by atoms with E-state index in [9.17, 15) is 4.39 Å². The van der Waals surface area contributed by atoms with Gasteiger partial charge < -0.3 is 10.1 Å². The van der Waals surface area contributed by atoms with Crippen LogP contribution < -0.4 is 10.1 Å². The Bertz CT molecular complexity index is 685. The van der Waals surface area contributed by atoms with Gasteiger partial charge in [0.05, 0.1) is 19.0 Å². The summed E-state index contributed by atoms with van der Waals surface area (Å²) < 4.78 is 18.1. The second kappa shape index (κ2) is 7.33. The van der Waals surface area contributed by atoms with E-state index < -0.39 is 0 Å². The van der Waals surface area contributed by atoms with Gasteiger partial charge in [0, 0.05) is 18.8 Å². The first-order valence-electron chi connectivity index (χ1n) is 7.78. The largest absolute Gasteiger partial charge is 0.480 e. The number of ether oxygens (including phenoxy) is 1. The van der Waals surface area contributed by atoms with Crippen LogP contribution in [0.3, 0.4) is 0 Å². The molecule has 3 rings (SSSR count). The molecule has 1 aromatic carbocycles. The topological polar surface area (TPSA) is 47.0 Å². The Morgan fingerprint density at radius 3 is 2.78 bits per heavy atom. The molecule has 1 aromatic heterocycles. The Labute approximate surface area is 135 Å². The second-order valence-corrected chi connectivity index (χ2v) is 5.64. The molecule has 0 amide bonds. The molecule has 1 atom stereocenters. The summed E-state index contributed by atoms with van der Waals surface area (Å²) in [4.78, 5) is 8.46. The lowest BCUT2D eigenvalue weighted by Crippen LogP contribution is -2.30. The number of nitrogens with zero attached hydrogens (tertiary/aromatic N) is 2. The van der Waals surface area contributed by atoms with Gasteiger partial charge in [-0.3, -0.25) is 4.98 Å². The number of hydrogen-bond donors (Lipinski definition) is 1. The molecule has 0 saturated carbocycles. The summed E-state index contributed by atoms with van der Waals surface area (Å²) in [7, 11) is 1.59. The van der Waals surface area contributed by atoms with Gasteiger partial charge in [-0.15, -0.1) is 0 Å². The van der Waals surface area contributed by atoms with Crippen molar-refractivity contribution >= 4 is 5.57 Å². The highest BCUT2D eigenvalue weighted by molar-refractivity contribution is 5.66. The predicted molar refractivity (Wildman–Crippen MR) is 87.4 cm³/mol. The number of hydrogen-bond acceptors (Lipinski definition) is 4. The second-order valence-electron chi connectivity index (χ2n) is 5.64. The Balaban J connectivity index is 1.55. The molecule has 5 heteroatoms. The zero-order chi connectivity index (χ0) is 16.1. The van der Waals surface area contributed by atoms with Crippen molar-refractivity contribution in [1.29, 1.82) is 0 Å². The average Bonchev–Trinajstić information content (AvgIpc) is 2.61. The molecule has 2 aromatic rings. The summed E-state index contributed by atoms with van der Waals surface area (Å²) in [5.74, 6) is 0.343.